The van der Waals surface area contributed by atoms with Crippen molar-refractivity contribution in [2.24, 2.45) is 11.3 Å². The van der Waals surface area contributed by atoms with E-state index in [1.54, 1.807) is 6.07 Å². The monoisotopic (exact) mass is 881 g/mol. The van der Waals surface area contributed by atoms with Crippen molar-refractivity contribution in [3.63, 3.8) is 0 Å². The van der Waals surface area contributed by atoms with Gasteiger partial charge in [-0.05, 0) is 51.5 Å². The van der Waals surface area contributed by atoms with Crippen LogP contribution in [-0.2, 0) is 82.6 Å². The molecule has 3 heterocycles. The summed E-state index contributed by atoms with van der Waals surface area (Å²) in [5, 5.41) is 13.6. The number of cyclic esters (lactones) is 1. The van der Waals surface area contributed by atoms with Crippen LogP contribution in [0.2, 0.25) is 0 Å². The van der Waals surface area contributed by atoms with E-state index in [0.717, 1.165) is 41.5 Å². The first-order valence-electron chi connectivity index (χ1n) is 19.8. The largest absolute Gasteiger partial charge is 0.465 e. The van der Waals surface area contributed by atoms with Gasteiger partial charge in [0.05, 0.1) is 22.7 Å². The summed E-state index contributed by atoms with van der Waals surface area (Å²) in [7, 11) is 0. The van der Waals surface area contributed by atoms with Crippen molar-refractivity contribution in [1.29, 1.82) is 0 Å². The Kier molecular flexibility index (Phi) is 12.3. The molecular weight excluding hydrogens is 834 g/mol. The van der Waals surface area contributed by atoms with Crippen LogP contribution in [0.5, 0.6) is 0 Å². The first kappa shape index (κ1) is 46.2. The number of hydrogen-bond donors (Lipinski definition) is 1. The van der Waals surface area contributed by atoms with Gasteiger partial charge in [0.2, 0.25) is 5.60 Å². The summed E-state index contributed by atoms with van der Waals surface area (Å²) >= 11 is 0. The van der Waals surface area contributed by atoms with Crippen LogP contribution in [-0.4, -0.2) is 130 Å². The Morgan fingerprint density at radius 3 is 2.03 bits per heavy atom. The van der Waals surface area contributed by atoms with E-state index in [-0.39, 0.29) is 23.2 Å². The number of ether oxygens (including phenoxy) is 9. The van der Waals surface area contributed by atoms with E-state index in [1.165, 1.54) is 56.4 Å². The first-order chi connectivity index (χ1) is 29.5. The molecule has 1 spiro atoms. The second kappa shape index (κ2) is 16.8. The zero-order valence-corrected chi connectivity index (χ0v) is 35.7. The summed E-state index contributed by atoms with van der Waals surface area (Å²) in [5.74, 6) is -12.0. The number of aryl methyl sites for hydroxylation is 1. The lowest BCUT2D eigenvalue weighted by atomic mass is 9.45. The quantitative estimate of drug-likeness (QED) is 0.290. The first-order valence-corrected chi connectivity index (χ1v) is 19.8. The molecule has 1 N–H and O–H groups in total. The Balaban J connectivity index is 1.77. The fourth-order valence-electron chi connectivity index (χ4n) is 9.58. The van der Waals surface area contributed by atoms with Gasteiger partial charge in [0.1, 0.15) is 35.9 Å². The Labute approximate surface area is 360 Å². The summed E-state index contributed by atoms with van der Waals surface area (Å²) in [5.41, 5.74) is -13.4. The molecule has 20 nitrogen and oxygen atoms in total. The number of carbonyl (C=O) groups excluding carboxylic acids is 9. The normalized spacial score (nSPS) is 34.7. The number of pyridine rings is 1. The predicted octanol–water partition coefficient (Wildman–Crippen LogP) is 1.48. The topological polar surface area (TPSA) is 270 Å². The third kappa shape index (κ3) is 7.78. The van der Waals surface area contributed by atoms with Crippen molar-refractivity contribution in [3.05, 3.63) is 65.5 Å². The molecule has 63 heavy (non-hydrogen) atoms. The smallest absolute Gasteiger partial charge is 0.350 e. The fourth-order valence-corrected chi connectivity index (χ4v) is 9.58. The zero-order valence-electron chi connectivity index (χ0n) is 35.7. The number of carbonyl (C=O) groups is 9. The van der Waals surface area contributed by atoms with Crippen molar-refractivity contribution in [2.45, 2.75) is 121 Å². The number of benzene rings is 1. The number of aromatic nitrogens is 1. The molecule has 4 aliphatic rings. The molecule has 0 radical (unpaired) electrons. The minimum absolute atomic E-state index is 0.0675. The van der Waals surface area contributed by atoms with E-state index in [1.807, 2.05) is 0 Å². The summed E-state index contributed by atoms with van der Waals surface area (Å²) in [6.45, 7) is 6.13. The number of esters is 8. The van der Waals surface area contributed by atoms with Crippen LogP contribution < -0.4 is 0 Å². The lowest BCUT2D eigenvalue weighted by molar-refractivity contribution is -0.376. The third-order valence-corrected chi connectivity index (χ3v) is 12.0. The van der Waals surface area contributed by atoms with Gasteiger partial charge in [-0.3, -0.25) is 33.8 Å². The number of ketones is 1. The maximum atomic E-state index is 15.4. The Hall–Kier alpha value is -6.28. The van der Waals surface area contributed by atoms with Crippen molar-refractivity contribution >= 4 is 53.5 Å². The summed E-state index contributed by atoms with van der Waals surface area (Å²) in [4.78, 5) is 128. The van der Waals surface area contributed by atoms with E-state index in [0.29, 0.717) is 0 Å². The minimum Gasteiger partial charge on any atom is -0.465 e. The van der Waals surface area contributed by atoms with Crippen LogP contribution in [0.4, 0.5) is 0 Å². The lowest BCUT2D eigenvalue weighted by Crippen LogP contribution is -2.88. The van der Waals surface area contributed by atoms with Gasteiger partial charge in [0, 0.05) is 47.2 Å². The van der Waals surface area contributed by atoms with Gasteiger partial charge >= 0.3 is 47.8 Å². The van der Waals surface area contributed by atoms with Gasteiger partial charge in [0.15, 0.2) is 35.8 Å². The Morgan fingerprint density at radius 2 is 1.43 bits per heavy atom. The number of Topliss-reactive ketones (excluding diaryl/α,β-unsaturated/α-hetero) is 1. The standard InChI is InChI=1S/C43H47NO19/c1-21(45)55-20-42-33(58-23(3)47)30(50)29-32(57-22(2)46)43(42)41(8,54)34(31(35(42)59-24(4)48)60-36(51)26-13-10-9-11-14-26)61-38(53)39(6,62-25(5)49)17-16-28-27(15-12-18-44-28)37(52)56-19-40(29,7)63-43/h9-15,18,29,31-35,54H,16-17,19-20H2,1-8H3/t29-,31+,32-,33-,34+,35+,39-,40+,41+,42-,43+/m1/s1. The zero-order chi connectivity index (χ0) is 46.4. The van der Waals surface area contributed by atoms with Gasteiger partial charge in [-0.25, -0.2) is 14.4 Å². The molecule has 2 aliphatic carbocycles. The molecular formula is C43H47NO19. The van der Waals surface area contributed by atoms with Gasteiger partial charge in [-0.2, -0.15) is 0 Å². The van der Waals surface area contributed by atoms with Gasteiger partial charge in [0.25, 0.3) is 0 Å². The van der Waals surface area contributed by atoms with Crippen LogP contribution in [0.15, 0.2) is 48.7 Å². The molecule has 1 saturated heterocycles. The highest BCUT2D eigenvalue weighted by Gasteiger charge is 2.91. The Morgan fingerprint density at radius 1 is 0.794 bits per heavy atom. The number of aliphatic hydroxyl groups is 1. The average Bonchev–Trinajstić information content (AvgIpc) is 3.43. The SMILES string of the molecule is CC(=O)OC[C@]12[C@H](OC(C)=O)C(=O)[C@@H]3[C@@H](OC(C)=O)[C@@]14O[C@@]3(C)COC(=O)c1cccnc1CC[C@@](C)(OC(C)=O)C(=O)O[C@@H]([C@H](OC(=O)c1ccccc1)[C@@H]2OC(C)=O)[C@]4(C)O. The average molecular weight is 882 g/mol. The molecule has 4 bridgehead atoms. The second-order valence-corrected chi connectivity index (χ2v) is 16.5. The number of rotatable bonds is 8. The summed E-state index contributed by atoms with van der Waals surface area (Å²) in [6.07, 6.45) is -10.6. The molecule has 1 aromatic heterocycles. The molecule has 0 unspecified atom stereocenters. The molecule has 11 atom stereocenters. The molecule has 0 amide bonds. The van der Waals surface area contributed by atoms with Crippen molar-refractivity contribution < 1.29 is 90.9 Å². The van der Waals surface area contributed by atoms with Crippen molar-refractivity contribution in [1.82, 2.24) is 4.98 Å². The molecule has 2 saturated carbocycles. The molecule has 20 heteroatoms. The molecule has 1 aromatic carbocycles. The van der Waals surface area contributed by atoms with Crippen molar-refractivity contribution in [2.75, 3.05) is 13.2 Å². The van der Waals surface area contributed by atoms with Gasteiger partial charge < -0.3 is 47.7 Å². The maximum Gasteiger partial charge on any atom is 0.350 e. The molecule has 2 aliphatic heterocycles. The molecule has 3 fully saturated rings. The number of hydrogen-bond acceptors (Lipinski definition) is 20. The van der Waals surface area contributed by atoms with E-state index >= 15 is 4.79 Å². The van der Waals surface area contributed by atoms with Crippen LogP contribution in [0.3, 0.4) is 0 Å². The van der Waals surface area contributed by atoms with Crippen LogP contribution in [0.25, 0.3) is 0 Å². The highest BCUT2D eigenvalue weighted by atomic mass is 16.7. The van der Waals surface area contributed by atoms with Crippen LogP contribution in [0, 0.1) is 11.3 Å². The summed E-state index contributed by atoms with van der Waals surface area (Å²) in [6, 6.07) is 10.0. The third-order valence-electron chi connectivity index (χ3n) is 12.0. The Bertz CT molecular complexity index is 2240. The molecule has 6 rings (SSSR count). The highest BCUT2D eigenvalue weighted by Crippen LogP contribution is 2.69. The van der Waals surface area contributed by atoms with Crippen molar-refractivity contribution in [3.8, 4) is 0 Å². The minimum atomic E-state index is -3.03. The van der Waals surface area contributed by atoms with E-state index < -0.39 is 137 Å². The van der Waals surface area contributed by atoms with Crippen LogP contribution in [0.1, 0.15) is 88.2 Å². The van der Waals surface area contributed by atoms with Gasteiger partial charge in [-0.1, -0.05) is 18.2 Å². The molecule has 2 aromatic rings. The fraction of sp³-hybridized carbons (Fsp3) is 0.535. The predicted molar refractivity (Wildman–Crippen MR) is 206 cm³/mol. The van der Waals surface area contributed by atoms with Gasteiger partial charge in [-0.15, -0.1) is 0 Å². The number of fused-ring (bicyclic) bond motifs is 5. The van der Waals surface area contributed by atoms with E-state index in [9.17, 15) is 43.5 Å². The van der Waals surface area contributed by atoms with E-state index in [2.05, 4.69) is 4.98 Å². The maximum absolute atomic E-state index is 15.4. The second-order valence-electron chi connectivity index (χ2n) is 16.5. The number of nitrogens with zero attached hydrogens (tertiary/aromatic N) is 1. The van der Waals surface area contributed by atoms with E-state index in [4.69, 9.17) is 42.6 Å². The summed E-state index contributed by atoms with van der Waals surface area (Å²) < 4.78 is 53.9. The molecule has 338 valence electrons. The highest BCUT2D eigenvalue weighted by molar-refractivity contribution is 5.94. The van der Waals surface area contributed by atoms with Crippen LogP contribution >= 0.6 is 0 Å². The lowest BCUT2D eigenvalue weighted by Gasteiger charge is -2.66.